The molecule has 1 aromatic heterocycles. The molecule has 0 aliphatic carbocycles. The van der Waals surface area contributed by atoms with Gasteiger partial charge in [-0.3, -0.25) is 0 Å². The molecule has 1 aromatic carbocycles. The van der Waals surface area contributed by atoms with Crippen LogP contribution in [0.2, 0.25) is 0 Å². The Morgan fingerprint density at radius 1 is 0.944 bits per heavy atom. The minimum Gasteiger partial charge on any atom is -0.490 e. The molecule has 0 fully saturated rings. The first-order valence-corrected chi connectivity index (χ1v) is 5.75. The summed E-state index contributed by atoms with van der Waals surface area (Å²) in [6.45, 7) is 0.743. The number of benzene rings is 1. The SMILES string of the molecule is OCc1cccnc1OCCOc1ccccc1. The molecule has 0 aliphatic rings. The van der Waals surface area contributed by atoms with Crippen molar-refractivity contribution in [1.29, 1.82) is 0 Å². The van der Waals surface area contributed by atoms with Crippen molar-refractivity contribution in [1.82, 2.24) is 4.98 Å². The molecular weight excluding hydrogens is 230 g/mol. The van der Waals surface area contributed by atoms with Crippen LogP contribution >= 0.6 is 0 Å². The fraction of sp³-hybridized carbons (Fsp3) is 0.214. The summed E-state index contributed by atoms with van der Waals surface area (Å²) in [6.07, 6.45) is 1.63. The van der Waals surface area contributed by atoms with Gasteiger partial charge in [-0.05, 0) is 24.3 Å². The number of aliphatic hydroxyl groups excluding tert-OH is 1. The highest BCUT2D eigenvalue weighted by molar-refractivity contribution is 5.24. The standard InChI is InChI=1S/C14H15NO3/c16-11-12-5-4-8-15-14(12)18-10-9-17-13-6-2-1-3-7-13/h1-8,16H,9-11H2. The molecule has 0 aliphatic heterocycles. The van der Waals surface area contributed by atoms with Gasteiger partial charge in [-0.2, -0.15) is 0 Å². The summed E-state index contributed by atoms with van der Waals surface area (Å²) in [6, 6.07) is 13.1. The van der Waals surface area contributed by atoms with Crippen molar-refractivity contribution < 1.29 is 14.6 Å². The highest BCUT2D eigenvalue weighted by atomic mass is 16.5. The van der Waals surface area contributed by atoms with E-state index in [0.29, 0.717) is 24.7 Å². The number of nitrogens with zero attached hydrogens (tertiary/aromatic N) is 1. The molecular formula is C14H15NO3. The second-order valence-electron chi connectivity index (χ2n) is 3.64. The largest absolute Gasteiger partial charge is 0.490 e. The fourth-order valence-corrected chi connectivity index (χ4v) is 1.49. The normalized spacial score (nSPS) is 10.1. The van der Waals surface area contributed by atoms with Crippen molar-refractivity contribution in [3.05, 3.63) is 54.2 Å². The summed E-state index contributed by atoms with van der Waals surface area (Å²) in [5.41, 5.74) is 0.678. The number of rotatable bonds is 6. The monoisotopic (exact) mass is 245 g/mol. The first kappa shape index (κ1) is 12.4. The summed E-state index contributed by atoms with van der Waals surface area (Å²) in [5.74, 6) is 1.26. The highest BCUT2D eigenvalue weighted by Gasteiger charge is 2.02. The Morgan fingerprint density at radius 2 is 1.72 bits per heavy atom. The lowest BCUT2D eigenvalue weighted by Gasteiger charge is -2.09. The fourth-order valence-electron chi connectivity index (χ4n) is 1.49. The van der Waals surface area contributed by atoms with Gasteiger partial charge >= 0.3 is 0 Å². The van der Waals surface area contributed by atoms with E-state index in [1.807, 2.05) is 30.3 Å². The van der Waals surface area contributed by atoms with E-state index < -0.39 is 0 Å². The number of para-hydroxylation sites is 1. The molecule has 0 radical (unpaired) electrons. The highest BCUT2D eigenvalue weighted by Crippen LogP contribution is 2.14. The molecule has 0 bridgehead atoms. The second-order valence-corrected chi connectivity index (χ2v) is 3.64. The van der Waals surface area contributed by atoms with Crippen LogP contribution in [0.5, 0.6) is 11.6 Å². The van der Waals surface area contributed by atoms with Crippen molar-refractivity contribution >= 4 is 0 Å². The quantitative estimate of drug-likeness (QED) is 0.791. The lowest BCUT2D eigenvalue weighted by atomic mass is 10.3. The third-order valence-corrected chi connectivity index (χ3v) is 2.35. The Kier molecular flexibility index (Phi) is 4.55. The van der Waals surface area contributed by atoms with Gasteiger partial charge in [0.25, 0.3) is 0 Å². The predicted octanol–water partition coefficient (Wildman–Crippen LogP) is 2.03. The van der Waals surface area contributed by atoms with Gasteiger partial charge in [0.15, 0.2) is 0 Å². The Balaban J connectivity index is 1.78. The van der Waals surface area contributed by atoms with E-state index >= 15 is 0 Å². The van der Waals surface area contributed by atoms with E-state index in [9.17, 15) is 0 Å². The summed E-state index contributed by atoms with van der Waals surface area (Å²) < 4.78 is 10.9. The third-order valence-electron chi connectivity index (χ3n) is 2.35. The maximum Gasteiger partial charge on any atom is 0.218 e. The summed E-state index contributed by atoms with van der Waals surface area (Å²) in [5, 5.41) is 9.10. The molecule has 1 N–H and O–H groups in total. The molecule has 0 spiro atoms. The minimum absolute atomic E-state index is 0.0806. The smallest absolute Gasteiger partial charge is 0.218 e. The van der Waals surface area contributed by atoms with Crippen molar-refractivity contribution in [2.45, 2.75) is 6.61 Å². The van der Waals surface area contributed by atoms with E-state index in [2.05, 4.69) is 4.98 Å². The molecule has 2 rings (SSSR count). The first-order chi connectivity index (χ1) is 8.90. The van der Waals surface area contributed by atoms with Gasteiger partial charge in [-0.1, -0.05) is 18.2 Å². The van der Waals surface area contributed by atoms with Crippen LogP contribution in [0, 0.1) is 0 Å². The van der Waals surface area contributed by atoms with Gasteiger partial charge in [0, 0.05) is 11.8 Å². The van der Waals surface area contributed by atoms with Crippen LogP contribution < -0.4 is 9.47 Å². The predicted molar refractivity (Wildman–Crippen MR) is 67.6 cm³/mol. The topological polar surface area (TPSA) is 51.6 Å². The number of ether oxygens (including phenoxy) is 2. The van der Waals surface area contributed by atoms with E-state index in [0.717, 1.165) is 5.75 Å². The molecule has 0 saturated heterocycles. The molecule has 94 valence electrons. The van der Waals surface area contributed by atoms with E-state index in [1.165, 1.54) is 0 Å². The van der Waals surface area contributed by atoms with Crippen LogP contribution in [0.25, 0.3) is 0 Å². The molecule has 0 saturated carbocycles. The van der Waals surface area contributed by atoms with Crippen LogP contribution in [0.1, 0.15) is 5.56 Å². The van der Waals surface area contributed by atoms with Gasteiger partial charge in [0.1, 0.15) is 19.0 Å². The zero-order chi connectivity index (χ0) is 12.6. The maximum absolute atomic E-state index is 9.10. The maximum atomic E-state index is 9.10. The van der Waals surface area contributed by atoms with Gasteiger partial charge in [-0.15, -0.1) is 0 Å². The average Bonchev–Trinajstić information content (AvgIpc) is 2.45. The van der Waals surface area contributed by atoms with Crippen molar-refractivity contribution in [2.24, 2.45) is 0 Å². The number of aromatic nitrogens is 1. The third kappa shape index (κ3) is 3.46. The van der Waals surface area contributed by atoms with Crippen LogP contribution in [-0.2, 0) is 6.61 Å². The van der Waals surface area contributed by atoms with E-state index in [4.69, 9.17) is 14.6 Å². The lowest BCUT2D eigenvalue weighted by Crippen LogP contribution is -2.10. The average molecular weight is 245 g/mol. The first-order valence-electron chi connectivity index (χ1n) is 5.75. The Hall–Kier alpha value is -2.07. The number of hydrogen-bond donors (Lipinski definition) is 1. The van der Waals surface area contributed by atoms with Crippen LogP contribution in [0.3, 0.4) is 0 Å². The summed E-state index contributed by atoms with van der Waals surface area (Å²) in [7, 11) is 0. The van der Waals surface area contributed by atoms with Crippen molar-refractivity contribution in [2.75, 3.05) is 13.2 Å². The molecule has 0 amide bonds. The minimum atomic E-state index is -0.0806. The molecule has 0 unspecified atom stereocenters. The van der Waals surface area contributed by atoms with Gasteiger partial charge < -0.3 is 14.6 Å². The zero-order valence-corrected chi connectivity index (χ0v) is 9.95. The van der Waals surface area contributed by atoms with Crippen LogP contribution in [-0.4, -0.2) is 23.3 Å². The molecule has 4 nitrogen and oxygen atoms in total. The number of hydrogen-bond acceptors (Lipinski definition) is 4. The Morgan fingerprint density at radius 3 is 2.50 bits per heavy atom. The van der Waals surface area contributed by atoms with Gasteiger partial charge in [0.05, 0.1) is 6.61 Å². The number of aliphatic hydroxyl groups is 1. The van der Waals surface area contributed by atoms with Gasteiger partial charge in [0.2, 0.25) is 5.88 Å². The van der Waals surface area contributed by atoms with Crippen molar-refractivity contribution in [3.8, 4) is 11.6 Å². The Bertz CT molecular complexity index is 473. The van der Waals surface area contributed by atoms with E-state index in [1.54, 1.807) is 18.3 Å². The molecule has 4 heteroatoms. The zero-order valence-electron chi connectivity index (χ0n) is 9.95. The van der Waals surface area contributed by atoms with E-state index in [-0.39, 0.29) is 6.61 Å². The van der Waals surface area contributed by atoms with Crippen LogP contribution in [0.4, 0.5) is 0 Å². The van der Waals surface area contributed by atoms with Crippen LogP contribution in [0.15, 0.2) is 48.7 Å². The van der Waals surface area contributed by atoms with Gasteiger partial charge in [-0.25, -0.2) is 4.98 Å². The number of pyridine rings is 1. The molecule has 18 heavy (non-hydrogen) atoms. The summed E-state index contributed by atoms with van der Waals surface area (Å²) in [4.78, 5) is 4.06. The molecule has 1 heterocycles. The van der Waals surface area contributed by atoms with Crippen molar-refractivity contribution in [3.63, 3.8) is 0 Å². The Labute approximate surface area is 106 Å². The molecule has 2 aromatic rings. The lowest BCUT2D eigenvalue weighted by molar-refractivity contribution is 0.204. The summed E-state index contributed by atoms with van der Waals surface area (Å²) >= 11 is 0. The molecule has 0 atom stereocenters. The second kappa shape index (κ2) is 6.61.